The number of halogens is 1. The Morgan fingerprint density at radius 1 is 1.43 bits per heavy atom. The number of amides is 1. The van der Waals surface area contributed by atoms with E-state index in [9.17, 15) is 4.79 Å². The number of carbonyl (C=O) groups excluding carboxylic acids is 1. The Bertz CT molecular complexity index is 876. The van der Waals surface area contributed by atoms with E-state index in [1.165, 1.54) is 11.3 Å². The molecule has 1 aliphatic rings. The number of aromatic nitrogens is 2. The molecule has 8 heteroatoms. The number of thiazole rings is 1. The van der Waals surface area contributed by atoms with E-state index in [-0.39, 0.29) is 17.2 Å². The highest BCUT2D eigenvalue weighted by molar-refractivity contribution is 7.15. The number of imidazole rings is 1. The molecule has 118 valence electrons. The second-order valence-corrected chi connectivity index (χ2v) is 6.25. The number of hydrogen-bond acceptors (Lipinski definition) is 5. The van der Waals surface area contributed by atoms with Crippen molar-refractivity contribution in [2.75, 3.05) is 13.2 Å². The van der Waals surface area contributed by atoms with Crippen LogP contribution >= 0.6 is 22.9 Å². The lowest BCUT2D eigenvalue weighted by Crippen LogP contribution is -2.41. The van der Waals surface area contributed by atoms with Gasteiger partial charge in [-0.3, -0.25) is 9.20 Å². The van der Waals surface area contributed by atoms with Crippen molar-refractivity contribution in [3.05, 3.63) is 46.7 Å². The van der Waals surface area contributed by atoms with E-state index in [0.717, 1.165) is 0 Å². The lowest BCUT2D eigenvalue weighted by molar-refractivity contribution is 0.0786. The van der Waals surface area contributed by atoms with Crippen LogP contribution in [0, 0.1) is 0 Å². The van der Waals surface area contributed by atoms with Crippen LogP contribution in [-0.2, 0) is 0 Å². The van der Waals surface area contributed by atoms with Crippen molar-refractivity contribution in [3.8, 4) is 11.5 Å². The summed E-state index contributed by atoms with van der Waals surface area (Å²) >= 11 is 7.47. The molecule has 0 spiro atoms. The predicted octanol–water partition coefficient (Wildman–Crippen LogP) is 2.62. The fourth-order valence-corrected chi connectivity index (χ4v) is 3.44. The molecule has 4 rings (SSSR count). The van der Waals surface area contributed by atoms with Gasteiger partial charge in [0.15, 0.2) is 27.3 Å². The van der Waals surface area contributed by atoms with Gasteiger partial charge in [0.1, 0.15) is 12.7 Å². The number of nitrogens with one attached hydrogen (secondary N) is 1. The molecule has 2 aromatic heterocycles. The third-order valence-electron chi connectivity index (χ3n) is 3.49. The van der Waals surface area contributed by atoms with Gasteiger partial charge in [0.2, 0.25) is 0 Å². The van der Waals surface area contributed by atoms with Gasteiger partial charge in [-0.15, -0.1) is 11.3 Å². The quantitative estimate of drug-likeness (QED) is 0.789. The van der Waals surface area contributed by atoms with E-state index in [1.54, 1.807) is 10.6 Å². The SMILES string of the molecule is O=C(NCC1COc2ccccc2O1)c1c(Cl)nc2sccn12. The Balaban J connectivity index is 1.44. The third kappa shape index (κ3) is 2.62. The highest BCUT2D eigenvalue weighted by Gasteiger charge is 2.23. The van der Waals surface area contributed by atoms with Crippen LogP contribution in [0.2, 0.25) is 5.15 Å². The number of hydrogen-bond donors (Lipinski definition) is 1. The highest BCUT2D eigenvalue weighted by atomic mass is 35.5. The molecule has 0 saturated heterocycles. The minimum absolute atomic E-state index is 0.195. The van der Waals surface area contributed by atoms with E-state index in [0.29, 0.717) is 35.3 Å². The van der Waals surface area contributed by atoms with Crippen molar-refractivity contribution in [2.24, 2.45) is 0 Å². The number of para-hydroxylation sites is 2. The van der Waals surface area contributed by atoms with Crippen LogP contribution < -0.4 is 14.8 Å². The Morgan fingerprint density at radius 2 is 2.26 bits per heavy atom. The van der Waals surface area contributed by atoms with Crippen LogP contribution in [0.25, 0.3) is 4.96 Å². The molecule has 0 fully saturated rings. The zero-order chi connectivity index (χ0) is 15.8. The number of rotatable bonds is 3. The Kier molecular flexibility index (Phi) is 3.59. The summed E-state index contributed by atoms with van der Waals surface area (Å²) in [4.78, 5) is 17.2. The number of benzene rings is 1. The maximum atomic E-state index is 12.4. The third-order valence-corrected chi connectivity index (χ3v) is 4.51. The Morgan fingerprint density at radius 3 is 3.13 bits per heavy atom. The molecule has 0 bridgehead atoms. The summed E-state index contributed by atoms with van der Waals surface area (Å²) in [6.45, 7) is 0.701. The monoisotopic (exact) mass is 349 g/mol. The van der Waals surface area contributed by atoms with E-state index in [2.05, 4.69) is 10.3 Å². The second-order valence-electron chi connectivity index (χ2n) is 5.01. The van der Waals surface area contributed by atoms with E-state index < -0.39 is 0 Å². The van der Waals surface area contributed by atoms with Crippen molar-refractivity contribution in [1.82, 2.24) is 14.7 Å². The molecule has 3 heterocycles. The van der Waals surface area contributed by atoms with Crippen molar-refractivity contribution < 1.29 is 14.3 Å². The van der Waals surface area contributed by atoms with Gasteiger partial charge in [-0.05, 0) is 12.1 Å². The van der Waals surface area contributed by atoms with Crippen LogP contribution in [0.3, 0.4) is 0 Å². The molecule has 6 nitrogen and oxygen atoms in total. The number of ether oxygens (including phenoxy) is 2. The largest absolute Gasteiger partial charge is 0.486 e. The van der Waals surface area contributed by atoms with Gasteiger partial charge in [0, 0.05) is 11.6 Å². The molecule has 23 heavy (non-hydrogen) atoms. The average Bonchev–Trinajstić information content (AvgIpc) is 3.12. The molecule has 1 aliphatic heterocycles. The van der Waals surface area contributed by atoms with Gasteiger partial charge in [0.05, 0.1) is 6.54 Å². The van der Waals surface area contributed by atoms with Gasteiger partial charge in [0.25, 0.3) is 5.91 Å². The van der Waals surface area contributed by atoms with Crippen LogP contribution in [-0.4, -0.2) is 34.5 Å². The summed E-state index contributed by atoms with van der Waals surface area (Å²) in [5, 5.41) is 4.87. The van der Waals surface area contributed by atoms with Crippen molar-refractivity contribution in [1.29, 1.82) is 0 Å². The minimum atomic E-state index is -0.289. The molecule has 1 aromatic carbocycles. The first-order chi connectivity index (χ1) is 11.2. The minimum Gasteiger partial charge on any atom is -0.486 e. The molecule has 0 aliphatic carbocycles. The first kappa shape index (κ1) is 14.3. The fourth-order valence-electron chi connectivity index (χ4n) is 2.42. The Hall–Kier alpha value is -2.25. The summed E-state index contributed by atoms with van der Waals surface area (Å²) in [7, 11) is 0. The lowest BCUT2D eigenvalue weighted by atomic mass is 10.2. The summed E-state index contributed by atoms with van der Waals surface area (Å²) in [5.41, 5.74) is 0.333. The molecular weight excluding hydrogens is 338 g/mol. The lowest BCUT2D eigenvalue weighted by Gasteiger charge is -2.26. The summed E-state index contributed by atoms with van der Waals surface area (Å²) in [5.74, 6) is 1.11. The molecule has 1 unspecified atom stereocenters. The first-order valence-electron chi connectivity index (χ1n) is 7.00. The molecule has 1 amide bonds. The second kappa shape index (κ2) is 5.75. The van der Waals surface area contributed by atoms with Gasteiger partial charge < -0.3 is 14.8 Å². The smallest absolute Gasteiger partial charge is 0.271 e. The van der Waals surface area contributed by atoms with E-state index in [4.69, 9.17) is 21.1 Å². The normalized spacial score (nSPS) is 16.5. The summed E-state index contributed by atoms with van der Waals surface area (Å²) < 4.78 is 13.1. The number of nitrogens with zero attached hydrogens (tertiary/aromatic N) is 2. The molecule has 0 radical (unpaired) electrons. The van der Waals surface area contributed by atoms with E-state index in [1.807, 2.05) is 29.6 Å². The highest BCUT2D eigenvalue weighted by Crippen LogP contribution is 2.30. The molecule has 0 saturated carbocycles. The number of fused-ring (bicyclic) bond motifs is 2. The van der Waals surface area contributed by atoms with Gasteiger partial charge in [-0.1, -0.05) is 23.7 Å². The zero-order valence-electron chi connectivity index (χ0n) is 11.9. The van der Waals surface area contributed by atoms with Crippen LogP contribution in [0.15, 0.2) is 35.8 Å². The maximum absolute atomic E-state index is 12.4. The fraction of sp³-hybridized carbons (Fsp3) is 0.200. The topological polar surface area (TPSA) is 64.9 Å². The van der Waals surface area contributed by atoms with E-state index >= 15 is 0 Å². The summed E-state index contributed by atoms with van der Waals surface area (Å²) in [6.07, 6.45) is 1.52. The molecular formula is C15H12ClN3O3S. The van der Waals surface area contributed by atoms with Crippen molar-refractivity contribution in [2.45, 2.75) is 6.10 Å². The average molecular weight is 350 g/mol. The van der Waals surface area contributed by atoms with Gasteiger partial charge in [-0.25, -0.2) is 4.98 Å². The standard InChI is InChI=1S/C15H12ClN3O3S/c16-13-12(19-5-6-23-15(19)18-13)14(20)17-7-9-8-21-10-3-1-2-4-11(10)22-9/h1-6,9H,7-8H2,(H,17,20). The predicted molar refractivity (Wildman–Crippen MR) is 86.8 cm³/mol. The molecule has 1 N–H and O–H groups in total. The van der Waals surface area contributed by atoms with Crippen molar-refractivity contribution >= 4 is 33.8 Å². The van der Waals surface area contributed by atoms with Crippen LogP contribution in [0.1, 0.15) is 10.5 Å². The van der Waals surface area contributed by atoms with Gasteiger partial charge >= 0.3 is 0 Å². The van der Waals surface area contributed by atoms with Crippen LogP contribution in [0.4, 0.5) is 0 Å². The van der Waals surface area contributed by atoms with Crippen molar-refractivity contribution in [3.63, 3.8) is 0 Å². The number of carbonyl (C=O) groups is 1. The zero-order valence-corrected chi connectivity index (χ0v) is 13.4. The summed E-state index contributed by atoms with van der Waals surface area (Å²) in [6, 6.07) is 7.45. The van der Waals surface area contributed by atoms with Crippen LogP contribution in [0.5, 0.6) is 11.5 Å². The van der Waals surface area contributed by atoms with Gasteiger partial charge in [-0.2, -0.15) is 0 Å². The Labute approximate surface area is 140 Å². The maximum Gasteiger partial charge on any atom is 0.271 e. The molecule has 1 atom stereocenters. The first-order valence-corrected chi connectivity index (χ1v) is 8.26. The molecule has 3 aromatic rings.